The molecule has 1 fully saturated rings. The summed E-state index contributed by atoms with van der Waals surface area (Å²) in [5.74, 6) is 7.13. The summed E-state index contributed by atoms with van der Waals surface area (Å²) >= 11 is 0. The molecular formula is C20H18O3. The Kier molecular flexibility index (Phi) is 4.63. The van der Waals surface area contributed by atoms with E-state index in [1.165, 1.54) is 0 Å². The molecule has 0 saturated heterocycles. The summed E-state index contributed by atoms with van der Waals surface area (Å²) in [5, 5.41) is 0. The Balaban J connectivity index is 1.72. The fourth-order valence-corrected chi connectivity index (χ4v) is 2.18. The number of hydrogen-bond donors (Lipinski definition) is 0. The maximum Gasteiger partial charge on any atom is 0.340 e. The first-order chi connectivity index (χ1) is 11.3. The topological polar surface area (TPSA) is 39.4 Å². The van der Waals surface area contributed by atoms with Gasteiger partial charge in [0.05, 0.1) is 11.8 Å². The molecule has 1 saturated carbocycles. The molecule has 1 unspecified atom stereocenters. The van der Waals surface area contributed by atoms with Crippen LogP contribution in [0, 0.1) is 17.8 Å². The molecule has 0 aliphatic heterocycles. The molecule has 0 N–H and O–H groups in total. The molecule has 1 aromatic carbocycles. The number of furan rings is 1. The van der Waals surface area contributed by atoms with Crippen LogP contribution in [0.25, 0.3) is 0 Å². The maximum atomic E-state index is 12.5. The first-order valence-electron chi connectivity index (χ1n) is 7.73. The van der Waals surface area contributed by atoms with Crippen LogP contribution in [0.3, 0.4) is 0 Å². The van der Waals surface area contributed by atoms with E-state index in [4.69, 9.17) is 9.15 Å². The minimum atomic E-state index is -0.432. The van der Waals surface area contributed by atoms with Crippen molar-refractivity contribution in [3.8, 4) is 11.8 Å². The molecule has 0 amide bonds. The molecule has 23 heavy (non-hydrogen) atoms. The lowest BCUT2D eigenvalue weighted by molar-refractivity contribution is 0.0388. The molecule has 3 rings (SSSR count). The second kappa shape index (κ2) is 7.02. The molecule has 2 aromatic rings. The Hall–Kier alpha value is -2.73. The smallest absolute Gasteiger partial charge is 0.340 e. The Bertz CT molecular complexity index is 743. The van der Waals surface area contributed by atoms with Gasteiger partial charge in [-0.1, -0.05) is 36.6 Å². The third kappa shape index (κ3) is 4.14. The van der Waals surface area contributed by atoms with Crippen LogP contribution in [0.4, 0.5) is 0 Å². The van der Waals surface area contributed by atoms with Gasteiger partial charge >= 0.3 is 5.97 Å². The van der Waals surface area contributed by atoms with E-state index in [9.17, 15) is 4.79 Å². The van der Waals surface area contributed by atoms with Crippen LogP contribution < -0.4 is 0 Å². The predicted octanol–water partition coefficient (Wildman–Crippen LogP) is 4.00. The van der Waals surface area contributed by atoms with E-state index in [0.29, 0.717) is 23.5 Å². The highest BCUT2D eigenvalue weighted by Crippen LogP contribution is 2.27. The van der Waals surface area contributed by atoms with Crippen LogP contribution in [-0.2, 0) is 11.2 Å². The maximum absolute atomic E-state index is 12.5. The van der Waals surface area contributed by atoms with Gasteiger partial charge in [-0.15, -0.1) is 0 Å². The van der Waals surface area contributed by atoms with Crippen LogP contribution in [0.2, 0.25) is 0 Å². The predicted molar refractivity (Wildman–Crippen MR) is 87.9 cm³/mol. The van der Waals surface area contributed by atoms with Crippen molar-refractivity contribution in [3.63, 3.8) is 0 Å². The van der Waals surface area contributed by atoms with Crippen molar-refractivity contribution in [2.24, 2.45) is 5.92 Å². The highest BCUT2D eigenvalue weighted by atomic mass is 16.5. The average Bonchev–Trinajstić information content (AvgIpc) is 3.27. The third-order valence-corrected chi connectivity index (χ3v) is 3.64. The molecular weight excluding hydrogens is 288 g/mol. The van der Waals surface area contributed by atoms with Gasteiger partial charge in [0.1, 0.15) is 11.9 Å². The molecule has 1 aromatic heterocycles. The van der Waals surface area contributed by atoms with E-state index < -0.39 is 6.10 Å². The second-order valence-corrected chi connectivity index (χ2v) is 5.55. The number of carbonyl (C=O) groups excluding carboxylic acids is 1. The zero-order valence-corrected chi connectivity index (χ0v) is 12.8. The molecule has 3 nitrogen and oxygen atoms in total. The van der Waals surface area contributed by atoms with Gasteiger partial charge < -0.3 is 9.15 Å². The number of hydrogen-bond acceptors (Lipinski definition) is 3. The number of ether oxygens (including phenoxy) is 1. The molecule has 0 bridgehead atoms. The number of carbonyl (C=O) groups is 1. The first kappa shape index (κ1) is 15.2. The van der Waals surface area contributed by atoms with E-state index >= 15 is 0 Å². The fraction of sp³-hybridized carbons (Fsp3) is 0.250. The molecule has 1 heterocycles. The highest BCUT2D eigenvalue weighted by Gasteiger charge is 2.19. The minimum absolute atomic E-state index is 0.387. The standard InChI is InChI=1S/C20H18O3/c1-2-17(14-18-7-5-13-22-18)23-20(21)19-8-4-3-6-16(19)12-11-15-9-10-15/h2-8,13,15,17H,1,9-10,14H2. The molecule has 1 aliphatic rings. The van der Waals surface area contributed by atoms with Gasteiger partial charge in [0, 0.05) is 17.9 Å². The van der Waals surface area contributed by atoms with Gasteiger partial charge in [0.15, 0.2) is 0 Å². The van der Waals surface area contributed by atoms with E-state index in [2.05, 4.69) is 18.4 Å². The minimum Gasteiger partial charge on any atom is -0.469 e. The Labute approximate surface area is 136 Å². The third-order valence-electron chi connectivity index (χ3n) is 3.64. The number of benzene rings is 1. The summed E-state index contributed by atoms with van der Waals surface area (Å²) in [6, 6.07) is 10.9. The summed E-state index contributed by atoms with van der Waals surface area (Å²) in [7, 11) is 0. The van der Waals surface area contributed by atoms with Crippen molar-refractivity contribution in [1.29, 1.82) is 0 Å². The summed E-state index contributed by atoms with van der Waals surface area (Å²) in [5.41, 5.74) is 1.21. The van der Waals surface area contributed by atoms with Crippen LogP contribution >= 0.6 is 0 Å². The SMILES string of the molecule is C=CC(Cc1ccco1)OC(=O)c1ccccc1C#CC1CC1. The lowest BCUT2D eigenvalue weighted by Crippen LogP contribution is -2.19. The van der Waals surface area contributed by atoms with Crippen molar-refractivity contribution < 1.29 is 13.9 Å². The zero-order valence-electron chi connectivity index (χ0n) is 12.8. The highest BCUT2D eigenvalue weighted by molar-refractivity contribution is 5.92. The van der Waals surface area contributed by atoms with Crippen LogP contribution in [0.1, 0.15) is 34.5 Å². The van der Waals surface area contributed by atoms with Crippen molar-refractivity contribution in [1.82, 2.24) is 0 Å². The fourth-order valence-electron chi connectivity index (χ4n) is 2.18. The van der Waals surface area contributed by atoms with Gasteiger partial charge in [0.2, 0.25) is 0 Å². The molecule has 0 spiro atoms. The Morgan fingerprint density at radius 1 is 1.35 bits per heavy atom. The summed E-state index contributed by atoms with van der Waals surface area (Å²) in [6.07, 6.45) is 5.55. The van der Waals surface area contributed by atoms with E-state index in [-0.39, 0.29) is 5.97 Å². The lowest BCUT2D eigenvalue weighted by atomic mass is 10.1. The molecule has 1 aliphatic carbocycles. The summed E-state index contributed by atoms with van der Waals surface area (Å²) in [6.45, 7) is 3.73. The zero-order chi connectivity index (χ0) is 16.1. The van der Waals surface area contributed by atoms with Crippen LogP contribution in [-0.4, -0.2) is 12.1 Å². The largest absolute Gasteiger partial charge is 0.469 e. The monoisotopic (exact) mass is 306 g/mol. The summed E-state index contributed by atoms with van der Waals surface area (Å²) in [4.78, 5) is 12.5. The molecule has 0 radical (unpaired) electrons. The first-order valence-corrected chi connectivity index (χ1v) is 7.73. The van der Waals surface area contributed by atoms with Crippen molar-refractivity contribution in [3.05, 3.63) is 72.2 Å². The van der Waals surface area contributed by atoms with Crippen molar-refractivity contribution in [2.75, 3.05) is 0 Å². The second-order valence-electron chi connectivity index (χ2n) is 5.55. The average molecular weight is 306 g/mol. The Morgan fingerprint density at radius 2 is 2.17 bits per heavy atom. The van der Waals surface area contributed by atoms with Crippen LogP contribution in [0.5, 0.6) is 0 Å². The van der Waals surface area contributed by atoms with Gasteiger partial charge in [-0.2, -0.15) is 0 Å². The Morgan fingerprint density at radius 3 is 2.87 bits per heavy atom. The lowest BCUT2D eigenvalue weighted by Gasteiger charge is -2.13. The van der Waals surface area contributed by atoms with Crippen LogP contribution in [0.15, 0.2) is 59.7 Å². The molecule has 116 valence electrons. The van der Waals surface area contributed by atoms with Crippen molar-refractivity contribution in [2.45, 2.75) is 25.4 Å². The number of rotatable bonds is 5. The summed E-state index contributed by atoms with van der Waals surface area (Å²) < 4.78 is 10.8. The molecule has 1 atom stereocenters. The van der Waals surface area contributed by atoms with Gasteiger partial charge in [-0.25, -0.2) is 4.79 Å². The van der Waals surface area contributed by atoms with E-state index in [0.717, 1.165) is 18.6 Å². The molecule has 3 heteroatoms. The quantitative estimate of drug-likeness (QED) is 0.476. The van der Waals surface area contributed by atoms with Gasteiger partial charge in [0.25, 0.3) is 0 Å². The normalized spacial score (nSPS) is 14.4. The number of esters is 1. The van der Waals surface area contributed by atoms with Crippen molar-refractivity contribution >= 4 is 5.97 Å². The van der Waals surface area contributed by atoms with Gasteiger partial charge in [-0.05, 0) is 37.1 Å². The van der Waals surface area contributed by atoms with E-state index in [1.807, 2.05) is 24.3 Å². The van der Waals surface area contributed by atoms with E-state index in [1.54, 1.807) is 24.5 Å². The van der Waals surface area contributed by atoms with Gasteiger partial charge in [-0.3, -0.25) is 0 Å².